The highest BCUT2D eigenvalue weighted by Crippen LogP contribution is 1.78. The van der Waals surface area contributed by atoms with E-state index in [0.29, 0.717) is 19.5 Å². The van der Waals surface area contributed by atoms with Crippen molar-refractivity contribution in [3.8, 4) is 0 Å². The van der Waals surface area contributed by atoms with E-state index in [1.54, 1.807) is 14.0 Å². The molecule has 0 aromatic heterocycles. The molecular formula is C7H16N2O2. The van der Waals surface area contributed by atoms with Gasteiger partial charge in [-0.1, -0.05) is 0 Å². The van der Waals surface area contributed by atoms with Gasteiger partial charge in [-0.3, -0.25) is 4.79 Å². The van der Waals surface area contributed by atoms with Gasteiger partial charge in [0, 0.05) is 26.6 Å². The van der Waals surface area contributed by atoms with Gasteiger partial charge >= 0.3 is 0 Å². The number of carbonyl (C=O) groups is 1. The molecule has 0 saturated heterocycles. The lowest BCUT2D eigenvalue weighted by Gasteiger charge is -2.05. The summed E-state index contributed by atoms with van der Waals surface area (Å²) < 4.78 is 0. The highest BCUT2D eigenvalue weighted by molar-refractivity contribution is 5.75. The zero-order valence-electron chi connectivity index (χ0n) is 7.05. The average Bonchev–Trinajstić information content (AvgIpc) is 1.97. The molecule has 4 nitrogen and oxygen atoms in total. The maximum atomic E-state index is 10.6. The Balaban J connectivity index is 3.08. The van der Waals surface area contributed by atoms with Crippen molar-refractivity contribution in [2.45, 2.75) is 19.4 Å². The Hall–Kier alpha value is -0.610. The third kappa shape index (κ3) is 7.29. The van der Waals surface area contributed by atoms with Gasteiger partial charge in [0.05, 0.1) is 6.10 Å². The highest BCUT2D eigenvalue weighted by atomic mass is 16.3. The molecule has 0 aromatic carbocycles. The van der Waals surface area contributed by atoms with Crippen molar-refractivity contribution in [3.05, 3.63) is 0 Å². The Morgan fingerprint density at radius 2 is 2.27 bits per heavy atom. The minimum absolute atomic E-state index is 0.0168. The van der Waals surface area contributed by atoms with Crippen LogP contribution in [0.4, 0.5) is 0 Å². The summed E-state index contributed by atoms with van der Waals surface area (Å²) in [4.78, 5) is 10.6. The molecule has 0 aliphatic rings. The van der Waals surface area contributed by atoms with Gasteiger partial charge in [-0.05, 0) is 6.92 Å². The van der Waals surface area contributed by atoms with Crippen molar-refractivity contribution < 1.29 is 9.90 Å². The van der Waals surface area contributed by atoms with Crippen LogP contribution in [0, 0.1) is 0 Å². The first kappa shape index (κ1) is 10.4. The number of nitrogens with one attached hydrogen (secondary N) is 2. The fourth-order valence-corrected chi connectivity index (χ4v) is 0.638. The number of aliphatic hydroxyl groups excluding tert-OH is 1. The molecule has 11 heavy (non-hydrogen) atoms. The molecule has 0 aliphatic carbocycles. The first-order chi connectivity index (χ1) is 5.16. The number of aliphatic hydroxyl groups is 1. The number of hydrogen-bond acceptors (Lipinski definition) is 3. The van der Waals surface area contributed by atoms with Gasteiger partial charge in [0.25, 0.3) is 0 Å². The monoisotopic (exact) mass is 160 g/mol. The number of amides is 1. The van der Waals surface area contributed by atoms with E-state index in [-0.39, 0.29) is 12.0 Å². The van der Waals surface area contributed by atoms with Crippen molar-refractivity contribution in [3.63, 3.8) is 0 Å². The lowest BCUT2D eigenvalue weighted by atomic mass is 10.3. The fourth-order valence-electron chi connectivity index (χ4n) is 0.638. The van der Waals surface area contributed by atoms with Crippen LogP contribution in [0.15, 0.2) is 0 Å². The molecule has 0 aromatic rings. The maximum absolute atomic E-state index is 10.6. The average molecular weight is 160 g/mol. The van der Waals surface area contributed by atoms with Crippen LogP contribution in [0.25, 0.3) is 0 Å². The molecule has 4 heteroatoms. The van der Waals surface area contributed by atoms with Gasteiger partial charge < -0.3 is 15.7 Å². The van der Waals surface area contributed by atoms with E-state index < -0.39 is 0 Å². The van der Waals surface area contributed by atoms with Gasteiger partial charge in [0.2, 0.25) is 5.91 Å². The fraction of sp³-hybridized carbons (Fsp3) is 0.857. The molecule has 0 bridgehead atoms. The second kappa shape index (κ2) is 6.12. The third-order valence-corrected chi connectivity index (χ3v) is 1.25. The lowest BCUT2D eigenvalue weighted by Crippen LogP contribution is -2.29. The SMILES string of the molecule is CNC(=O)CCNC[C@H](C)O. The van der Waals surface area contributed by atoms with Crippen molar-refractivity contribution in [1.29, 1.82) is 0 Å². The van der Waals surface area contributed by atoms with Crippen molar-refractivity contribution >= 4 is 5.91 Å². The van der Waals surface area contributed by atoms with Crippen LogP contribution in [-0.4, -0.2) is 37.3 Å². The van der Waals surface area contributed by atoms with E-state index in [2.05, 4.69) is 10.6 Å². The summed E-state index contributed by atoms with van der Waals surface area (Å²) in [6, 6.07) is 0. The van der Waals surface area contributed by atoms with Crippen LogP contribution < -0.4 is 10.6 Å². The normalized spacial score (nSPS) is 12.6. The summed E-state index contributed by atoms with van der Waals surface area (Å²) in [7, 11) is 1.61. The largest absolute Gasteiger partial charge is 0.392 e. The Morgan fingerprint density at radius 3 is 2.73 bits per heavy atom. The summed E-state index contributed by atoms with van der Waals surface area (Å²) in [6.07, 6.45) is 0.114. The summed E-state index contributed by atoms with van der Waals surface area (Å²) in [5.41, 5.74) is 0. The summed E-state index contributed by atoms with van der Waals surface area (Å²) in [5.74, 6) is 0.0168. The van der Waals surface area contributed by atoms with E-state index in [1.165, 1.54) is 0 Å². The highest BCUT2D eigenvalue weighted by Gasteiger charge is 1.97. The molecule has 3 N–H and O–H groups in total. The van der Waals surface area contributed by atoms with E-state index in [4.69, 9.17) is 5.11 Å². The second-order valence-electron chi connectivity index (χ2n) is 2.48. The Morgan fingerprint density at radius 1 is 1.64 bits per heavy atom. The maximum Gasteiger partial charge on any atom is 0.221 e. The molecule has 0 fully saturated rings. The van der Waals surface area contributed by atoms with Crippen LogP contribution in [0.5, 0.6) is 0 Å². The molecule has 1 atom stereocenters. The van der Waals surface area contributed by atoms with Crippen LogP contribution in [0.1, 0.15) is 13.3 Å². The van der Waals surface area contributed by atoms with Gasteiger partial charge in [0.1, 0.15) is 0 Å². The molecule has 0 spiro atoms. The van der Waals surface area contributed by atoms with Crippen LogP contribution in [0.3, 0.4) is 0 Å². The zero-order valence-corrected chi connectivity index (χ0v) is 7.05. The van der Waals surface area contributed by atoms with Crippen molar-refractivity contribution in [2.75, 3.05) is 20.1 Å². The molecule has 0 rings (SSSR count). The molecular weight excluding hydrogens is 144 g/mol. The molecule has 0 saturated carbocycles. The van der Waals surface area contributed by atoms with Gasteiger partial charge in [-0.2, -0.15) is 0 Å². The summed E-state index contributed by atoms with van der Waals surface area (Å²) >= 11 is 0. The van der Waals surface area contributed by atoms with Crippen LogP contribution in [0.2, 0.25) is 0 Å². The van der Waals surface area contributed by atoms with E-state index in [9.17, 15) is 4.79 Å². The minimum atomic E-state index is -0.348. The predicted octanol–water partition coefficient (Wildman–Crippen LogP) is -0.907. The smallest absolute Gasteiger partial charge is 0.221 e. The molecule has 0 unspecified atom stereocenters. The Kier molecular flexibility index (Phi) is 5.78. The minimum Gasteiger partial charge on any atom is -0.392 e. The quantitative estimate of drug-likeness (QED) is 0.456. The summed E-state index contributed by atoms with van der Waals surface area (Å²) in [5, 5.41) is 14.3. The molecule has 0 aliphatic heterocycles. The third-order valence-electron chi connectivity index (χ3n) is 1.25. The van der Waals surface area contributed by atoms with E-state index in [0.717, 1.165) is 0 Å². The Labute approximate surface area is 67.0 Å². The lowest BCUT2D eigenvalue weighted by molar-refractivity contribution is -0.120. The molecule has 66 valence electrons. The van der Waals surface area contributed by atoms with Crippen LogP contribution in [-0.2, 0) is 4.79 Å². The van der Waals surface area contributed by atoms with Gasteiger partial charge in [0.15, 0.2) is 0 Å². The molecule has 0 radical (unpaired) electrons. The van der Waals surface area contributed by atoms with Crippen LogP contribution >= 0.6 is 0 Å². The Bertz CT molecular complexity index is 115. The number of carbonyl (C=O) groups excluding carboxylic acids is 1. The molecule has 1 amide bonds. The standard InChI is InChI=1S/C7H16N2O2/c1-6(10)5-9-4-3-7(11)8-2/h6,9-10H,3-5H2,1-2H3,(H,8,11)/t6-/m0/s1. The van der Waals surface area contributed by atoms with Crippen molar-refractivity contribution in [2.24, 2.45) is 0 Å². The predicted molar refractivity (Wildman–Crippen MR) is 43.2 cm³/mol. The number of rotatable bonds is 5. The van der Waals surface area contributed by atoms with Gasteiger partial charge in [-0.25, -0.2) is 0 Å². The topological polar surface area (TPSA) is 61.4 Å². The van der Waals surface area contributed by atoms with Gasteiger partial charge in [-0.15, -0.1) is 0 Å². The first-order valence-corrected chi connectivity index (χ1v) is 3.76. The van der Waals surface area contributed by atoms with E-state index in [1.807, 2.05) is 0 Å². The second-order valence-corrected chi connectivity index (χ2v) is 2.48. The van der Waals surface area contributed by atoms with Crippen molar-refractivity contribution in [1.82, 2.24) is 10.6 Å². The molecule has 0 heterocycles. The number of hydrogen-bond donors (Lipinski definition) is 3. The zero-order chi connectivity index (χ0) is 8.69. The summed E-state index contributed by atoms with van der Waals surface area (Å²) in [6.45, 7) is 2.86. The first-order valence-electron chi connectivity index (χ1n) is 3.76. The van der Waals surface area contributed by atoms with E-state index >= 15 is 0 Å².